The van der Waals surface area contributed by atoms with Gasteiger partial charge < -0.3 is 14.4 Å². The Kier molecular flexibility index (Phi) is 5.03. The zero-order valence-electron chi connectivity index (χ0n) is 14.3. The molecule has 0 aromatic heterocycles. The molecule has 2 atom stereocenters. The van der Waals surface area contributed by atoms with Gasteiger partial charge in [-0.1, -0.05) is 6.42 Å². The fourth-order valence-electron chi connectivity index (χ4n) is 3.70. The van der Waals surface area contributed by atoms with Gasteiger partial charge in [0.2, 0.25) is 0 Å². The molecule has 0 aromatic rings. The van der Waals surface area contributed by atoms with Crippen LogP contribution in [0.25, 0.3) is 0 Å². The molecule has 2 unspecified atom stereocenters. The van der Waals surface area contributed by atoms with Gasteiger partial charge in [0.1, 0.15) is 5.60 Å². The van der Waals surface area contributed by atoms with Crippen molar-refractivity contribution in [3.63, 3.8) is 0 Å². The molecule has 1 saturated carbocycles. The third kappa shape index (κ3) is 4.14. The van der Waals surface area contributed by atoms with Crippen LogP contribution in [0.5, 0.6) is 0 Å². The van der Waals surface area contributed by atoms with Gasteiger partial charge in [-0.05, 0) is 58.8 Å². The Balaban J connectivity index is 1.95. The van der Waals surface area contributed by atoms with E-state index in [1.54, 1.807) is 4.90 Å². The summed E-state index contributed by atoms with van der Waals surface area (Å²) in [5.41, 5.74) is -0.389. The minimum atomic E-state index is -0.465. The maximum atomic E-state index is 12.2. The number of esters is 1. The Hall–Kier alpha value is -1.26. The highest BCUT2D eigenvalue weighted by Gasteiger charge is 2.45. The van der Waals surface area contributed by atoms with E-state index in [0.29, 0.717) is 13.2 Å². The summed E-state index contributed by atoms with van der Waals surface area (Å²) in [6, 6.07) is 0. The van der Waals surface area contributed by atoms with Crippen LogP contribution < -0.4 is 0 Å². The number of likely N-dealkylation sites (tertiary alicyclic amines) is 1. The molecular formula is C17H29NO4. The van der Waals surface area contributed by atoms with E-state index < -0.39 is 5.60 Å². The van der Waals surface area contributed by atoms with Crippen molar-refractivity contribution in [3.05, 3.63) is 0 Å². The number of carbonyl (C=O) groups excluding carboxylic acids is 2. The fourth-order valence-corrected chi connectivity index (χ4v) is 3.70. The molecule has 2 rings (SSSR count). The second kappa shape index (κ2) is 6.47. The highest BCUT2D eigenvalue weighted by molar-refractivity contribution is 5.73. The Morgan fingerprint density at radius 2 is 2.00 bits per heavy atom. The molecule has 1 saturated heterocycles. The second-order valence-corrected chi connectivity index (χ2v) is 7.70. The Morgan fingerprint density at radius 3 is 2.64 bits per heavy atom. The summed E-state index contributed by atoms with van der Waals surface area (Å²) in [5.74, 6) is -0.0791. The van der Waals surface area contributed by atoms with E-state index in [2.05, 4.69) is 0 Å². The van der Waals surface area contributed by atoms with Crippen LogP contribution in [0.1, 0.15) is 59.8 Å². The van der Waals surface area contributed by atoms with E-state index in [0.717, 1.165) is 38.6 Å². The number of rotatable bonds is 2. The molecule has 126 valence electrons. The molecule has 22 heavy (non-hydrogen) atoms. The highest BCUT2D eigenvalue weighted by atomic mass is 16.6. The van der Waals surface area contributed by atoms with E-state index in [-0.39, 0.29) is 23.4 Å². The van der Waals surface area contributed by atoms with E-state index >= 15 is 0 Å². The van der Waals surface area contributed by atoms with Gasteiger partial charge in [0, 0.05) is 13.1 Å². The summed E-state index contributed by atoms with van der Waals surface area (Å²) in [7, 11) is 0. The first kappa shape index (κ1) is 17.1. The summed E-state index contributed by atoms with van der Waals surface area (Å²) in [6.45, 7) is 9.36. The largest absolute Gasteiger partial charge is 0.466 e. The van der Waals surface area contributed by atoms with Gasteiger partial charge >= 0.3 is 12.1 Å². The van der Waals surface area contributed by atoms with E-state index in [4.69, 9.17) is 9.47 Å². The lowest BCUT2D eigenvalue weighted by molar-refractivity contribution is -0.150. The molecular weight excluding hydrogens is 282 g/mol. The number of hydrogen-bond donors (Lipinski definition) is 0. The molecule has 1 aliphatic heterocycles. The molecule has 1 heterocycles. The maximum absolute atomic E-state index is 12.2. The van der Waals surface area contributed by atoms with Crippen LogP contribution >= 0.6 is 0 Å². The average molecular weight is 311 g/mol. The Labute approximate surface area is 133 Å². The quantitative estimate of drug-likeness (QED) is 0.734. The van der Waals surface area contributed by atoms with Crippen LogP contribution in [0.3, 0.4) is 0 Å². The van der Waals surface area contributed by atoms with Crippen molar-refractivity contribution in [1.29, 1.82) is 0 Å². The average Bonchev–Trinajstić information content (AvgIpc) is 2.81. The van der Waals surface area contributed by atoms with Crippen LogP contribution in [-0.4, -0.2) is 42.3 Å². The smallest absolute Gasteiger partial charge is 0.410 e. The molecule has 5 nitrogen and oxygen atoms in total. The van der Waals surface area contributed by atoms with E-state index in [1.807, 2.05) is 27.7 Å². The number of ether oxygens (including phenoxy) is 2. The van der Waals surface area contributed by atoms with Crippen LogP contribution in [0, 0.1) is 11.3 Å². The summed E-state index contributed by atoms with van der Waals surface area (Å²) in [5, 5.41) is 0. The molecule has 0 N–H and O–H groups in total. The van der Waals surface area contributed by atoms with Crippen LogP contribution in [0.2, 0.25) is 0 Å². The molecule has 0 bridgehead atoms. The van der Waals surface area contributed by atoms with Gasteiger partial charge in [0.25, 0.3) is 0 Å². The van der Waals surface area contributed by atoms with E-state index in [1.165, 1.54) is 0 Å². The monoisotopic (exact) mass is 311 g/mol. The minimum Gasteiger partial charge on any atom is -0.466 e. The first-order valence-corrected chi connectivity index (χ1v) is 8.39. The predicted molar refractivity (Wildman–Crippen MR) is 83.4 cm³/mol. The molecule has 1 spiro atoms. The van der Waals surface area contributed by atoms with Crippen molar-refractivity contribution in [2.45, 2.75) is 65.4 Å². The second-order valence-electron chi connectivity index (χ2n) is 7.70. The van der Waals surface area contributed by atoms with Gasteiger partial charge in [-0.25, -0.2) is 4.79 Å². The summed E-state index contributed by atoms with van der Waals surface area (Å²) in [4.78, 5) is 26.0. The molecule has 1 amide bonds. The summed E-state index contributed by atoms with van der Waals surface area (Å²) >= 11 is 0. The standard InChI is InChI=1S/C17H29NO4/c1-5-21-14(19)13-7-6-8-17(11-13)9-10-18(12-17)15(20)22-16(2,3)4/h13H,5-12H2,1-4H3. The molecule has 0 aromatic carbocycles. The summed E-state index contributed by atoms with van der Waals surface area (Å²) in [6.07, 6.45) is 4.59. The van der Waals surface area contributed by atoms with Gasteiger partial charge in [0.15, 0.2) is 0 Å². The number of carbonyl (C=O) groups is 2. The molecule has 1 aliphatic carbocycles. The first-order chi connectivity index (χ1) is 10.2. The zero-order chi connectivity index (χ0) is 16.4. The molecule has 2 aliphatic rings. The van der Waals surface area contributed by atoms with Crippen LogP contribution in [-0.2, 0) is 14.3 Å². The third-order valence-electron chi connectivity index (χ3n) is 4.65. The van der Waals surface area contributed by atoms with Crippen molar-refractivity contribution in [2.75, 3.05) is 19.7 Å². The van der Waals surface area contributed by atoms with Gasteiger partial charge in [-0.15, -0.1) is 0 Å². The Morgan fingerprint density at radius 1 is 1.27 bits per heavy atom. The van der Waals surface area contributed by atoms with Gasteiger partial charge in [-0.2, -0.15) is 0 Å². The molecule has 2 fully saturated rings. The lowest BCUT2D eigenvalue weighted by Gasteiger charge is -2.37. The molecule has 0 radical (unpaired) electrons. The van der Waals surface area contributed by atoms with Crippen LogP contribution in [0.15, 0.2) is 0 Å². The van der Waals surface area contributed by atoms with Crippen LogP contribution in [0.4, 0.5) is 4.79 Å². The normalized spacial score (nSPS) is 28.7. The number of amides is 1. The Bertz CT molecular complexity index is 429. The summed E-state index contributed by atoms with van der Waals surface area (Å²) < 4.78 is 10.6. The van der Waals surface area contributed by atoms with Crippen molar-refractivity contribution in [3.8, 4) is 0 Å². The maximum Gasteiger partial charge on any atom is 0.410 e. The van der Waals surface area contributed by atoms with Gasteiger partial charge in [-0.3, -0.25) is 4.79 Å². The fraction of sp³-hybridized carbons (Fsp3) is 0.882. The third-order valence-corrected chi connectivity index (χ3v) is 4.65. The lowest BCUT2D eigenvalue weighted by Crippen LogP contribution is -2.39. The van der Waals surface area contributed by atoms with E-state index in [9.17, 15) is 9.59 Å². The molecule has 5 heteroatoms. The van der Waals surface area contributed by atoms with Gasteiger partial charge in [0.05, 0.1) is 12.5 Å². The zero-order valence-corrected chi connectivity index (χ0v) is 14.3. The van der Waals surface area contributed by atoms with Crippen molar-refractivity contribution in [2.24, 2.45) is 11.3 Å². The topological polar surface area (TPSA) is 55.8 Å². The lowest BCUT2D eigenvalue weighted by atomic mass is 9.69. The SMILES string of the molecule is CCOC(=O)C1CCCC2(CCN(C(=O)OC(C)(C)C)C2)C1. The predicted octanol–water partition coefficient (Wildman–Crippen LogP) is 3.37. The number of nitrogens with zero attached hydrogens (tertiary/aromatic N) is 1. The van der Waals surface area contributed by atoms with Crippen molar-refractivity contribution >= 4 is 12.1 Å². The first-order valence-electron chi connectivity index (χ1n) is 8.39. The van der Waals surface area contributed by atoms with Crippen molar-refractivity contribution in [1.82, 2.24) is 4.90 Å². The van der Waals surface area contributed by atoms with Crippen molar-refractivity contribution < 1.29 is 19.1 Å². The highest BCUT2D eigenvalue weighted by Crippen LogP contribution is 2.46. The minimum absolute atomic E-state index is 0.00714. The number of hydrogen-bond acceptors (Lipinski definition) is 4.